The second-order valence-corrected chi connectivity index (χ2v) is 2.50. The first-order valence-corrected chi connectivity index (χ1v) is 3.36. The average molecular weight is 187 g/mol. The van der Waals surface area contributed by atoms with E-state index in [1.807, 2.05) is 0 Å². The fraction of sp³-hybridized carbons (Fsp3) is 0.125. The van der Waals surface area contributed by atoms with Crippen LogP contribution in [-0.2, 0) is 6.54 Å². The molecule has 0 spiro atoms. The summed E-state index contributed by atoms with van der Waals surface area (Å²) in [5.74, 6) is 0.184. The zero-order valence-electron chi connectivity index (χ0n) is 6.25. The summed E-state index contributed by atoms with van der Waals surface area (Å²) in [7, 11) is 0. The van der Waals surface area contributed by atoms with Crippen LogP contribution in [0.1, 0.15) is 11.1 Å². The molecular weight excluding hydrogens is 179 g/mol. The number of hydrogen-bond acceptors (Lipinski definition) is 2. The molecule has 0 radical (unpaired) electrons. The van der Waals surface area contributed by atoms with Crippen LogP contribution in [0.15, 0.2) is 23.2 Å². The maximum absolute atomic E-state index is 12.6. The van der Waals surface area contributed by atoms with Gasteiger partial charge in [0.05, 0.1) is 6.54 Å². The van der Waals surface area contributed by atoms with Crippen LogP contribution in [0.4, 0.5) is 4.39 Å². The summed E-state index contributed by atoms with van der Waals surface area (Å²) in [5, 5.41) is 0. The highest BCUT2D eigenvalue weighted by molar-refractivity contribution is 6.00. The summed E-state index contributed by atoms with van der Waals surface area (Å²) in [4.78, 5) is 3.97. The first-order valence-electron chi connectivity index (χ1n) is 3.36. The molecule has 1 aromatic carbocycles. The van der Waals surface area contributed by atoms with Crippen molar-refractivity contribution in [1.29, 1.82) is 0 Å². The van der Waals surface area contributed by atoms with Gasteiger partial charge in [0.1, 0.15) is 11.7 Å². The minimum atomic E-state index is -0.260. The molecule has 0 aromatic heterocycles. The summed E-state index contributed by atoms with van der Waals surface area (Å²) < 4.78 is 12.6. The molecule has 2 N–H and O–H groups in total. The van der Waals surface area contributed by atoms with Crippen molar-refractivity contribution < 1.29 is 4.39 Å². The Labute approximate surface area is 75.7 Å². The summed E-state index contributed by atoms with van der Waals surface area (Å²) in [6.07, 6.45) is 0. The molecule has 1 heterocycles. The molecule has 0 bridgehead atoms. The number of rotatable bonds is 0. The van der Waals surface area contributed by atoms with Gasteiger partial charge in [-0.05, 0) is 17.7 Å². The zero-order chi connectivity index (χ0) is 7.84. The van der Waals surface area contributed by atoms with Gasteiger partial charge in [-0.2, -0.15) is 0 Å². The lowest BCUT2D eigenvalue weighted by molar-refractivity contribution is 0.627. The fourth-order valence-corrected chi connectivity index (χ4v) is 1.18. The van der Waals surface area contributed by atoms with Crippen molar-refractivity contribution in [1.82, 2.24) is 0 Å². The van der Waals surface area contributed by atoms with E-state index in [9.17, 15) is 4.39 Å². The lowest BCUT2D eigenvalue weighted by Gasteiger charge is -1.97. The monoisotopic (exact) mass is 186 g/mol. The van der Waals surface area contributed by atoms with Crippen LogP contribution >= 0.6 is 12.4 Å². The Balaban J connectivity index is 0.000000720. The van der Waals surface area contributed by atoms with Crippen LogP contribution in [0.3, 0.4) is 0 Å². The van der Waals surface area contributed by atoms with Gasteiger partial charge in [-0.25, -0.2) is 4.39 Å². The molecule has 1 aliphatic heterocycles. The second-order valence-electron chi connectivity index (χ2n) is 2.50. The summed E-state index contributed by atoms with van der Waals surface area (Å²) in [6, 6.07) is 4.56. The van der Waals surface area contributed by atoms with Gasteiger partial charge in [-0.1, -0.05) is 6.07 Å². The zero-order valence-corrected chi connectivity index (χ0v) is 7.07. The molecule has 2 nitrogen and oxygen atoms in total. The molecule has 1 aliphatic rings. The topological polar surface area (TPSA) is 38.4 Å². The standard InChI is InChI=1S/C8H7FN2.ClH/c9-6-2-1-5-4-11-8(10)7(5)3-6;/h1-3H,4H2,(H2,10,11);1H. The van der Waals surface area contributed by atoms with Crippen molar-refractivity contribution in [2.24, 2.45) is 10.7 Å². The van der Waals surface area contributed by atoms with Crippen molar-refractivity contribution >= 4 is 18.2 Å². The SMILES string of the molecule is Cl.NC1=NCc2ccc(F)cc21. The molecule has 1 aromatic rings. The Hall–Kier alpha value is -1.09. The smallest absolute Gasteiger partial charge is 0.126 e. The summed E-state index contributed by atoms with van der Waals surface area (Å²) in [5.41, 5.74) is 7.24. The quantitative estimate of drug-likeness (QED) is 0.655. The Bertz CT molecular complexity index is 336. The Kier molecular flexibility index (Phi) is 2.33. The predicted octanol–water partition coefficient (Wildman–Crippen LogP) is 1.47. The first-order chi connectivity index (χ1) is 5.27. The van der Waals surface area contributed by atoms with Crippen LogP contribution in [0.5, 0.6) is 0 Å². The maximum atomic E-state index is 12.6. The van der Waals surface area contributed by atoms with E-state index in [1.54, 1.807) is 6.07 Å². The predicted molar refractivity (Wildman–Crippen MR) is 48.1 cm³/mol. The third kappa shape index (κ3) is 1.28. The van der Waals surface area contributed by atoms with Crippen molar-refractivity contribution in [3.8, 4) is 0 Å². The maximum Gasteiger partial charge on any atom is 0.126 e. The van der Waals surface area contributed by atoms with Gasteiger partial charge in [0.2, 0.25) is 0 Å². The van der Waals surface area contributed by atoms with Crippen LogP contribution in [-0.4, -0.2) is 5.84 Å². The van der Waals surface area contributed by atoms with Gasteiger partial charge in [0.25, 0.3) is 0 Å². The molecule has 0 atom stereocenters. The number of hydrogen-bond donors (Lipinski definition) is 1. The molecule has 4 heteroatoms. The molecule has 0 unspecified atom stereocenters. The highest BCUT2D eigenvalue weighted by Crippen LogP contribution is 2.17. The average Bonchev–Trinajstić information content (AvgIpc) is 2.33. The number of halogens is 2. The third-order valence-corrected chi connectivity index (χ3v) is 1.77. The van der Waals surface area contributed by atoms with E-state index in [4.69, 9.17) is 5.73 Å². The van der Waals surface area contributed by atoms with Gasteiger partial charge in [-0.3, -0.25) is 4.99 Å². The summed E-state index contributed by atoms with van der Waals surface area (Å²) in [6.45, 7) is 0.585. The highest BCUT2D eigenvalue weighted by Gasteiger charge is 2.12. The van der Waals surface area contributed by atoms with E-state index in [0.29, 0.717) is 12.4 Å². The number of amidine groups is 1. The molecule has 12 heavy (non-hydrogen) atoms. The number of aliphatic imine (C=N–C) groups is 1. The number of fused-ring (bicyclic) bond motifs is 1. The highest BCUT2D eigenvalue weighted by atomic mass is 35.5. The van der Waals surface area contributed by atoms with Crippen molar-refractivity contribution in [2.75, 3.05) is 0 Å². The lowest BCUT2D eigenvalue weighted by Crippen LogP contribution is -2.10. The summed E-state index contributed by atoms with van der Waals surface area (Å²) >= 11 is 0. The van der Waals surface area contributed by atoms with E-state index in [2.05, 4.69) is 4.99 Å². The van der Waals surface area contributed by atoms with Crippen LogP contribution < -0.4 is 5.73 Å². The molecule has 2 rings (SSSR count). The molecule has 0 amide bonds. The molecule has 0 saturated carbocycles. The molecule has 0 fully saturated rings. The molecule has 64 valence electrons. The van der Waals surface area contributed by atoms with E-state index in [1.165, 1.54) is 12.1 Å². The van der Waals surface area contributed by atoms with E-state index >= 15 is 0 Å². The van der Waals surface area contributed by atoms with Gasteiger partial charge in [0.15, 0.2) is 0 Å². The third-order valence-electron chi connectivity index (χ3n) is 1.77. The van der Waals surface area contributed by atoms with Crippen molar-refractivity contribution in [3.63, 3.8) is 0 Å². The molecule has 0 saturated heterocycles. The lowest BCUT2D eigenvalue weighted by atomic mass is 10.1. The van der Waals surface area contributed by atoms with Gasteiger partial charge in [0, 0.05) is 5.56 Å². The van der Waals surface area contributed by atoms with Crippen LogP contribution in [0.25, 0.3) is 0 Å². The minimum Gasteiger partial charge on any atom is -0.383 e. The van der Waals surface area contributed by atoms with Gasteiger partial charge < -0.3 is 5.73 Å². The largest absolute Gasteiger partial charge is 0.383 e. The van der Waals surface area contributed by atoms with Gasteiger partial charge >= 0.3 is 0 Å². The number of nitrogens with zero attached hydrogens (tertiary/aromatic N) is 1. The second kappa shape index (κ2) is 3.11. The van der Waals surface area contributed by atoms with Gasteiger partial charge in [-0.15, -0.1) is 12.4 Å². The van der Waals surface area contributed by atoms with Crippen LogP contribution in [0.2, 0.25) is 0 Å². The van der Waals surface area contributed by atoms with Crippen molar-refractivity contribution in [3.05, 3.63) is 35.1 Å². The van der Waals surface area contributed by atoms with E-state index < -0.39 is 0 Å². The minimum absolute atomic E-state index is 0. The Morgan fingerprint density at radius 2 is 2.17 bits per heavy atom. The number of benzene rings is 1. The van der Waals surface area contributed by atoms with Crippen LogP contribution in [0, 0.1) is 5.82 Å². The van der Waals surface area contributed by atoms with E-state index in [-0.39, 0.29) is 18.2 Å². The normalized spacial score (nSPS) is 13.2. The van der Waals surface area contributed by atoms with Crippen molar-refractivity contribution in [2.45, 2.75) is 6.54 Å². The van der Waals surface area contributed by atoms with E-state index in [0.717, 1.165) is 11.1 Å². The number of nitrogens with two attached hydrogens (primary N) is 1. The fourth-order valence-electron chi connectivity index (χ4n) is 1.18. The Morgan fingerprint density at radius 1 is 1.42 bits per heavy atom. The molecule has 0 aliphatic carbocycles. The first kappa shape index (κ1) is 9.00. The Morgan fingerprint density at radius 3 is 2.92 bits per heavy atom. The molecular formula is C8H8ClFN2.